The molecule has 19 heavy (non-hydrogen) atoms. The first-order valence-electron chi connectivity index (χ1n) is 5.13. The van der Waals surface area contributed by atoms with Crippen molar-refractivity contribution < 1.29 is 23.2 Å². The molecule has 0 spiro atoms. The van der Waals surface area contributed by atoms with Gasteiger partial charge in [0.05, 0.1) is 18.0 Å². The van der Waals surface area contributed by atoms with E-state index in [0.29, 0.717) is 0 Å². The van der Waals surface area contributed by atoms with Crippen molar-refractivity contribution >= 4 is 27.6 Å². The largest absolute Gasteiger partial charge is 0.466 e. The number of ether oxygens (including phenoxy) is 1. The van der Waals surface area contributed by atoms with E-state index in [1.165, 1.54) is 0 Å². The highest BCUT2D eigenvalue weighted by atomic mass is 79.9. The molecule has 9 heteroatoms. The topological polar surface area (TPSA) is 82.3 Å². The van der Waals surface area contributed by atoms with Gasteiger partial charge in [0.15, 0.2) is 5.69 Å². The van der Waals surface area contributed by atoms with Gasteiger partial charge in [0.25, 0.3) is 6.43 Å². The van der Waals surface area contributed by atoms with Crippen LogP contribution in [0.2, 0.25) is 0 Å². The van der Waals surface area contributed by atoms with E-state index in [1.807, 2.05) is 0 Å². The van der Waals surface area contributed by atoms with E-state index < -0.39 is 28.7 Å². The van der Waals surface area contributed by atoms with Crippen molar-refractivity contribution in [2.45, 2.75) is 19.8 Å². The zero-order chi connectivity index (χ0) is 14.6. The first kappa shape index (κ1) is 15.4. The van der Waals surface area contributed by atoms with E-state index in [-0.39, 0.29) is 23.1 Å². The van der Waals surface area contributed by atoms with Crippen LogP contribution in [0.1, 0.15) is 24.6 Å². The fraction of sp³-hybridized carbons (Fsp3) is 0.400. The Kier molecular flexibility index (Phi) is 5.28. The standard InChI is InChI=1S/C10H9BrF2N2O4/c1-2-19-6(16)3-5-4-14-8(10(12)13)9(7(5)11)15(17)18/h4,10H,2-3H2,1H3. The summed E-state index contributed by atoms with van der Waals surface area (Å²) in [5.74, 6) is -0.621. The van der Waals surface area contributed by atoms with E-state index in [9.17, 15) is 23.7 Å². The molecule has 1 aromatic heterocycles. The maximum Gasteiger partial charge on any atom is 0.311 e. The Labute approximate surface area is 115 Å². The van der Waals surface area contributed by atoms with Crippen LogP contribution in [-0.4, -0.2) is 22.5 Å². The van der Waals surface area contributed by atoms with E-state index >= 15 is 0 Å². The average Bonchev–Trinajstić information content (AvgIpc) is 2.30. The Morgan fingerprint density at radius 3 is 2.74 bits per heavy atom. The third-order valence-electron chi connectivity index (χ3n) is 2.12. The van der Waals surface area contributed by atoms with Gasteiger partial charge in [-0.1, -0.05) is 0 Å². The van der Waals surface area contributed by atoms with Crippen molar-refractivity contribution in [1.29, 1.82) is 0 Å². The van der Waals surface area contributed by atoms with Crippen LogP contribution in [0.5, 0.6) is 0 Å². The molecule has 6 nitrogen and oxygen atoms in total. The zero-order valence-electron chi connectivity index (χ0n) is 9.73. The van der Waals surface area contributed by atoms with Gasteiger partial charge in [0, 0.05) is 11.8 Å². The quantitative estimate of drug-likeness (QED) is 0.468. The summed E-state index contributed by atoms with van der Waals surface area (Å²) >= 11 is 2.86. The summed E-state index contributed by atoms with van der Waals surface area (Å²) in [6.45, 7) is 1.76. The highest BCUT2D eigenvalue weighted by molar-refractivity contribution is 9.10. The zero-order valence-corrected chi connectivity index (χ0v) is 11.3. The van der Waals surface area contributed by atoms with Crippen LogP contribution in [0.15, 0.2) is 10.7 Å². The highest BCUT2D eigenvalue weighted by Crippen LogP contribution is 2.35. The average molecular weight is 339 g/mol. The van der Waals surface area contributed by atoms with Crippen molar-refractivity contribution in [3.8, 4) is 0 Å². The molecular formula is C10H9BrF2N2O4. The van der Waals surface area contributed by atoms with Crippen LogP contribution in [0.25, 0.3) is 0 Å². The van der Waals surface area contributed by atoms with Gasteiger partial charge in [-0.25, -0.2) is 13.8 Å². The van der Waals surface area contributed by atoms with Crippen molar-refractivity contribution in [1.82, 2.24) is 4.98 Å². The number of pyridine rings is 1. The number of carbonyl (C=O) groups excluding carboxylic acids is 1. The SMILES string of the molecule is CCOC(=O)Cc1cnc(C(F)F)c([N+](=O)[O-])c1Br. The summed E-state index contributed by atoms with van der Waals surface area (Å²) in [7, 11) is 0. The minimum Gasteiger partial charge on any atom is -0.466 e. The van der Waals surface area contributed by atoms with E-state index in [2.05, 4.69) is 25.7 Å². The lowest BCUT2D eigenvalue weighted by Gasteiger charge is -2.07. The van der Waals surface area contributed by atoms with Crippen molar-refractivity contribution in [2.24, 2.45) is 0 Å². The second kappa shape index (κ2) is 6.50. The lowest BCUT2D eigenvalue weighted by molar-refractivity contribution is -0.387. The van der Waals surface area contributed by atoms with Gasteiger partial charge >= 0.3 is 11.7 Å². The molecule has 0 saturated heterocycles. The molecule has 0 bridgehead atoms. The van der Waals surface area contributed by atoms with Gasteiger partial charge in [-0.2, -0.15) is 0 Å². The molecule has 0 aliphatic rings. The summed E-state index contributed by atoms with van der Waals surface area (Å²) < 4.78 is 29.7. The van der Waals surface area contributed by atoms with Crippen LogP contribution >= 0.6 is 15.9 Å². The molecule has 0 N–H and O–H groups in total. The van der Waals surface area contributed by atoms with E-state index in [4.69, 9.17) is 0 Å². The molecule has 0 unspecified atom stereocenters. The lowest BCUT2D eigenvalue weighted by atomic mass is 10.1. The molecule has 1 heterocycles. The van der Waals surface area contributed by atoms with Crippen molar-refractivity contribution in [2.75, 3.05) is 6.61 Å². The van der Waals surface area contributed by atoms with Crippen LogP contribution < -0.4 is 0 Å². The van der Waals surface area contributed by atoms with Gasteiger partial charge in [0.1, 0.15) is 4.47 Å². The Hall–Kier alpha value is -1.64. The molecule has 0 aliphatic heterocycles. The molecule has 104 valence electrons. The minimum absolute atomic E-state index is 0.120. The summed E-state index contributed by atoms with van der Waals surface area (Å²) in [5, 5.41) is 10.8. The van der Waals surface area contributed by atoms with Crippen molar-refractivity contribution in [3.05, 3.63) is 32.0 Å². The van der Waals surface area contributed by atoms with Crippen molar-refractivity contribution in [3.63, 3.8) is 0 Å². The number of nitrogens with zero attached hydrogens (tertiary/aromatic N) is 2. The second-order valence-corrected chi connectivity index (χ2v) is 4.16. The Bertz CT molecular complexity index is 511. The minimum atomic E-state index is -3.08. The molecule has 0 aliphatic carbocycles. The normalized spacial score (nSPS) is 10.6. The van der Waals surface area contributed by atoms with Crippen LogP contribution in [0.4, 0.5) is 14.5 Å². The summed E-state index contributed by atoms with van der Waals surface area (Å²) in [6, 6.07) is 0. The molecule has 0 saturated carbocycles. The fourth-order valence-electron chi connectivity index (χ4n) is 1.35. The number of hydrogen-bond acceptors (Lipinski definition) is 5. The third-order valence-corrected chi connectivity index (χ3v) is 3.01. The van der Waals surface area contributed by atoms with Crippen LogP contribution in [0, 0.1) is 10.1 Å². The molecule has 0 fully saturated rings. The smallest absolute Gasteiger partial charge is 0.311 e. The third kappa shape index (κ3) is 3.66. The Morgan fingerprint density at radius 2 is 2.26 bits per heavy atom. The second-order valence-electron chi connectivity index (χ2n) is 3.37. The molecule has 0 aromatic carbocycles. The number of rotatable bonds is 5. The number of nitro groups is 1. The highest BCUT2D eigenvalue weighted by Gasteiger charge is 2.29. The van der Waals surface area contributed by atoms with E-state index in [0.717, 1.165) is 6.20 Å². The van der Waals surface area contributed by atoms with Gasteiger partial charge in [0.2, 0.25) is 0 Å². The Morgan fingerprint density at radius 1 is 1.63 bits per heavy atom. The molecule has 0 radical (unpaired) electrons. The van der Waals surface area contributed by atoms with Crippen LogP contribution in [0.3, 0.4) is 0 Å². The number of carbonyl (C=O) groups is 1. The molecule has 1 aromatic rings. The molecule has 0 amide bonds. The monoisotopic (exact) mass is 338 g/mol. The first-order chi connectivity index (χ1) is 8.88. The van der Waals surface area contributed by atoms with E-state index in [1.54, 1.807) is 6.92 Å². The number of alkyl halides is 2. The molecule has 0 atom stereocenters. The number of hydrogen-bond donors (Lipinski definition) is 0. The summed E-state index contributed by atoms with van der Waals surface area (Å²) in [5.41, 5.74) is -1.66. The lowest BCUT2D eigenvalue weighted by Crippen LogP contribution is -2.10. The molecular weight excluding hydrogens is 330 g/mol. The fourth-order valence-corrected chi connectivity index (χ4v) is 1.94. The first-order valence-corrected chi connectivity index (χ1v) is 5.93. The van der Waals surface area contributed by atoms with Gasteiger partial charge in [-0.3, -0.25) is 14.9 Å². The number of halogens is 3. The Balaban J connectivity index is 3.20. The molecule has 1 rings (SSSR count). The van der Waals surface area contributed by atoms with Gasteiger partial charge in [-0.05, 0) is 22.9 Å². The predicted octanol–water partition coefficient (Wildman–Crippen LogP) is 2.80. The van der Waals surface area contributed by atoms with Crippen LogP contribution in [-0.2, 0) is 16.0 Å². The summed E-state index contributed by atoms with van der Waals surface area (Å²) in [4.78, 5) is 24.5. The summed E-state index contributed by atoms with van der Waals surface area (Å²) in [6.07, 6.45) is -2.37. The maximum absolute atomic E-state index is 12.6. The van der Waals surface area contributed by atoms with Gasteiger partial charge < -0.3 is 4.74 Å². The van der Waals surface area contributed by atoms with Gasteiger partial charge in [-0.15, -0.1) is 0 Å². The number of esters is 1. The predicted molar refractivity (Wildman–Crippen MR) is 63.9 cm³/mol. The number of aromatic nitrogens is 1. The maximum atomic E-state index is 12.6.